The number of hydrogen-bond donors (Lipinski definition) is 0. The number of halogens is 2. The summed E-state index contributed by atoms with van der Waals surface area (Å²) in [7, 11) is 3.78. The number of carbonyl (C=O) groups excluding carboxylic acids is 2. The summed E-state index contributed by atoms with van der Waals surface area (Å²) in [6.07, 6.45) is 6.04. The number of hydrogen-bond acceptors (Lipinski definition) is 6. The fraction of sp³-hybridized carbons (Fsp3) is 0.176. The van der Waals surface area contributed by atoms with Crippen LogP contribution in [0.15, 0.2) is 52.3 Å². The lowest BCUT2D eigenvalue weighted by Crippen LogP contribution is -2.27. The molecule has 0 unspecified atom stereocenters. The van der Waals surface area contributed by atoms with E-state index in [-0.39, 0.29) is 27.2 Å². The molecule has 1 aromatic rings. The minimum absolute atomic E-state index is 0.0373. The number of allylic oxidation sites excluding steroid dienone is 2. The zero-order chi connectivity index (χ0) is 18.6. The van der Waals surface area contributed by atoms with Gasteiger partial charge < -0.3 is 19.1 Å². The number of ether oxygens (including phenoxy) is 3. The fourth-order valence-corrected chi connectivity index (χ4v) is 2.54. The molecule has 1 aliphatic rings. The molecule has 132 valence electrons. The zero-order valence-electron chi connectivity index (χ0n) is 13.7. The molecular weight excluding hydrogens is 397 g/mol. The van der Waals surface area contributed by atoms with Gasteiger partial charge in [0.05, 0.1) is 37.1 Å². The third-order valence-electron chi connectivity index (χ3n) is 3.37. The van der Waals surface area contributed by atoms with Crippen LogP contribution in [0.4, 0.5) is 10.1 Å². The highest BCUT2D eigenvalue weighted by Gasteiger charge is 2.29. The molecule has 0 N–H and O–H groups in total. The minimum Gasteiger partial charge on any atom is -0.495 e. The Morgan fingerprint density at radius 2 is 1.76 bits per heavy atom. The molecule has 1 aliphatic heterocycles. The SMILES string of the molecule is COC(=O)C1=C(C(=O)OC)N(c2cc(F)c(Br)cc2OC)C=CC=C1. The van der Waals surface area contributed by atoms with Gasteiger partial charge >= 0.3 is 11.9 Å². The van der Waals surface area contributed by atoms with Crippen molar-refractivity contribution in [2.24, 2.45) is 0 Å². The standard InChI is InChI=1S/C17H15BrFNO5/c1-23-14-8-11(18)12(19)9-13(14)20-7-5-4-6-10(16(21)24-2)15(20)17(22)25-3/h4-9H,1-3H3. The van der Waals surface area contributed by atoms with Gasteiger partial charge in [-0.15, -0.1) is 0 Å². The van der Waals surface area contributed by atoms with Crippen LogP contribution in [0.2, 0.25) is 0 Å². The molecule has 0 fully saturated rings. The highest BCUT2D eigenvalue weighted by molar-refractivity contribution is 9.10. The van der Waals surface area contributed by atoms with Crippen LogP contribution >= 0.6 is 15.9 Å². The highest BCUT2D eigenvalue weighted by atomic mass is 79.9. The zero-order valence-corrected chi connectivity index (χ0v) is 15.3. The summed E-state index contributed by atoms with van der Waals surface area (Å²) in [4.78, 5) is 25.8. The van der Waals surface area contributed by atoms with Crippen LogP contribution in [0.5, 0.6) is 5.75 Å². The average molecular weight is 412 g/mol. The summed E-state index contributed by atoms with van der Waals surface area (Å²) in [6.45, 7) is 0. The number of benzene rings is 1. The van der Waals surface area contributed by atoms with E-state index in [0.29, 0.717) is 0 Å². The number of carbonyl (C=O) groups is 2. The van der Waals surface area contributed by atoms with Crippen molar-refractivity contribution in [3.8, 4) is 5.75 Å². The van der Waals surface area contributed by atoms with Crippen LogP contribution in [-0.4, -0.2) is 33.3 Å². The van der Waals surface area contributed by atoms with E-state index in [1.165, 1.54) is 50.6 Å². The van der Waals surface area contributed by atoms with Gasteiger partial charge in [-0.1, -0.05) is 6.08 Å². The first-order chi connectivity index (χ1) is 11.9. The monoisotopic (exact) mass is 411 g/mol. The van der Waals surface area contributed by atoms with E-state index in [1.54, 1.807) is 12.2 Å². The molecule has 0 spiro atoms. The van der Waals surface area contributed by atoms with Gasteiger partial charge in [0.25, 0.3) is 0 Å². The Labute approximate surface area is 152 Å². The van der Waals surface area contributed by atoms with Crippen LogP contribution in [0.3, 0.4) is 0 Å². The average Bonchev–Trinajstić information content (AvgIpc) is 2.85. The smallest absolute Gasteiger partial charge is 0.355 e. The summed E-state index contributed by atoms with van der Waals surface area (Å²) >= 11 is 3.08. The molecule has 1 aromatic carbocycles. The normalized spacial score (nSPS) is 13.6. The van der Waals surface area contributed by atoms with Crippen molar-refractivity contribution < 1.29 is 28.2 Å². The number of nitrogens with zero attached hydrogens (tertiary/aromatic N) is 1. The topological polar surface area (TPSA) is 65.1 Å². The molecule has 0 aromatic heterocycles. The van der Waals surface area contributed by atoms with E-state index in [1.807, 2.05) is 0 Å². The van der Waals surface area contributed by atoms with Crippen LogP contribution < -0.4 is 9.64 Å². The third-order valence-corrected chi connectivity index (χ3v) is 3.98. The molecular formula is C17H15BrFNO5. The first kappa shape index (κ1) is 18.7. The third kappa shape index (κ3) is 3.74. The second-order valence-corrected chi connectivity index (χ2v) is 5.61. The van der Waals surface area contributed by atoms with Crippen LogP contribution in [0, 0.1) is 5.82 Å². The number of esters is 2. The molecule has 0 amide bonds. The van der Waals surface area contributed by atoms with Crippen LogP contribution in [0.1, 0.15) is 0 Å². The predicted octanol–water partition coefficient (Wildman–Crippen LogP) is 3.09. The van der Waals surface area contributed by atoms with Crippen molar-refractivity contribution in [2.45, 2.75) is 0 Å². The van der Waals surface area contributed by atoms with Gasteiger partial charge in [-0.2, -0.15) is 0 Å². The van der Waals surface area contributed by atoms with Crippen LogP contribution in [-0.2, 0) is 19.1 Å². The van der Waals surface area contributed by atoms with Gasteiger partial charge in [-0.25, -0.2) is 14.0 Å². The Balaban J connectivity index is 2.75. The molecule has 25 heavy (non-hydrogen) atoms. The fourth-order valence-electron chi connectivity index (χ4n) is 2.22. The summed E-state index contributed by atoms with van der Waals surface area (Å²) in [5.74, 6) is -1.81. The summed E-state index contributed by atoms with van der Waals surface area (Å²) < 4.78 is 29.1. The minimum atomic E-state index is -0.790. The molecule has 0 atom stereocenters. The van der Waals surface area contributed by atoms with Gasteiger partial charge in [-0.3, -0.25) is 0 Å². The second-order valence-electron chi connectivity index (χ2n) is 4.75. The molecule has 0 saturated heterocycles. The lowest BCUT2D eigenvalue weighted by atomic mass is 10.1. The lowest BCUT2D eigenvalue weighted by Gasteiger charge is -2.25. The Morgan fingerprint density at radius 1 is 1.08 bits per heavy atom. The van der Waals surface area contributed by atoms with Gasteiger partial charge in [0.2, 0.25) is 0 Å². The Hall–Kier alpha value is -2.61. The molecule has 1 heterocycles. The lowest BCUT2D eigenvalue weighted by molar-refractivity contribution is -0.139. The van der Waals surface area contributed by atoms with Crippen molar-refractivity contribution in [3.63, 3.8) is 0 Å². The van der Waals surface area contributed by atoms with Crippen molar-refractivity contribution in [3.05, 3.63) is 58.1 Å². The quantitative estimate of drug-likeness (QED) is 0.709. The van der Waals surface area contributed by atoms with Gasteiger partial charge in [0, 0.05) is 12.3 Å². The first-order valence-electron chi connectivity index (χ1n) is 7.02. The van der Waals surface area contributed by atoms with Crippen molar-refractivity contribution in [1.82, 2.24) is 0 Å². The number of methoxy groups -OCH3 is 3. The largest absolute Gasteiger partial charge is 0.495 e. The first-order valence-corrected chi connectivity index (χ1v) is 7.82. The maximum Gasteiger partial charge on any atom is 0.355 e. The van der Waals surface area contributed by atoms with E-state index in [4.69, 9.17) is 14.2 Å². The number of rotatable bonds is 4. The summed E-state index contributed by atoms with van der Waals surface area (Å²) in [5.41, 5.74) is 0.0501. The van der Waals surface area contributed by atoms with Crippen molar-refractivity contribution in [1.29, 1.82) is 0 Å². The summed E-state index contributed by atoms with van der Waals surface area (Å²) in [6, 6.07) is 2.60. The van der Waals surface area contributed by atoms with Crippen LogP contribution in [0.25, 0.3) is 0 Å². The van der Waals surface area contributed by atoms with E-state index in [0.717, 1.165) is 0 Å². The van der Waals surface area contributed by atoms with E-state index >= 15 is 0 Å². The maximum atomic E-state index is 14.1. The predicted molar refractivity (Wildman–Crippen MR) is 92.5 cm³/mol. The molecule has 0 aliphatic carbocycles. The van der Waals surface area contributed by atoms with E-state index in [9.17, 15) is 14.0 Å². The van der Waals surface area contributed by atoms with Gasteiger partial charge in [0.15, 0.2) is 0 Å². The molecule has 6 nitrogen and oxygen atoms in total. The molecule has 0 saturated carbocycles. The van der Waals surface area contributed by atoms with Gasteiger partial charge in [-0.05, 0) is 34.1 Å². The number of anilines is 1. The Bertz CT molecular complexity index is 800. The molecule has 0 bridgehead atoms. The van der Waals surface area contributed by atoms with E-state index < -0.39 is 17.8 Å². The van der Waals surface area contributed by atoms with Crippen molar-refractivity contribution >= 4 is 33.6 Å². The Morgan fingerprint density at radius 3 is 2.36 bits per heavy atom. The van der Waals surface area contributed by atoms with Gasteiger partial charge in [0.1, 0.15) is 17.3 Å². The maximum absolute atomic E-state index is 14.1. The Kier molecular flexibility index (Phi) is 5.97. The molecule has 8 heteroatoms. The molecule has 2 rings (SSSR count). The second kappa shape index (κ2) is 7.98. The van der Waals surface area contributed by atoms with E-state index in [2.05, 4.69) is 15.9 Å². The highest BCUT2D eigenvalue weighted by Crippen LogP contribution is 2.37. The summed E-state index contributed by atoms with van der Waals surface area (Å²) in [5, 5.41) is 0. The molecule has 0 radical (unpaired) electrons. The van der Waals surface area contributed by atoms with Crippen molar-refractivity contribution in [2.75, 3.05) is 26.2 Å².